The summed E-state index contributed by atoms with van der Waals surface area (Å²) in [7, 11) is 0. The minimum atomic E-state index is -0.842. The first-order chi connectivity index (χ1) is 6.99. The molecule has 0 bridgehead atoms. The highest BCUT2D eigenvalue weighted by atomic mass is 16.4. The fourth-order valence-corrected chi connectivity index (χ4v) is 1.58. The number of rotatable bonds is 4. The van der Waals surface area contributed by atoms with Crippen molar-refractivity contribution in [1.82, 2.24) is 0 Å². The predicted octanol–water partition coefficient (Wildman–Crippen LogP) is 2.22. The van der Waals surface area contributed by atoms with Crippen LogP contribution in [0.3, 0.4) is 0 Å². The minimum absolute atomic E-state index is 0.0162. The van der Waals surface area contributed by atoms with Crippen molar-refractivity contribution in [3.05, 3.63) is 29.3 Å². The zero-order valence-electron chi connectivity index (χ0n) is 9.03. The van der Waals surface area contributed by atoms with Crippen molar-refractivity contribution in [1.29, 1.82) is 0 Å². The Labute approximate surface area is 89.4 Å². The lowest BCUT2D eigenvalue weighted by molar-refractivity contribution is -0.136. The lowest BCUT2D eigenvalue weighted by Crippen LogP contribution is -2.05. The summed E-state index contributed by atoms with van der Waals surface area (Å²) in [6.07, 6.45) is 0.805. The molecule has 0 saturated heterocycles. The van der Waals surface area contributed by atoms with E-state index in [4.69, 9.17) is 5.11 Å². The van der Waals surface area contributed by atoms with Gasteiger partial charge in [0.05, 0.1) is 6.42 Å². The highest BCUT2D eigenvalue weighted by molar-refractivity contribution is 5.70. The molecule has 0 aliphatic carbocycles. The Hall–Kier alpha value is -1.51. The lowest BCUT2D eigenvalue weighted by atomic mass is 9.96. The zero-order chi connectivity index (χ0) is 11.4. The Morgan fingerprint density at radius 2 is 2.00 bits per heavy atom. The number of phenolic OH excluding ortho intramolecular Hbond substituents is 1. The third-order valence-corrected chi connectivity index (χ3v) is 2.16. The van der Waals surface area contributed by atoms with Crippen molar-refractivity contribution >= 4 is 5.97 Å². The van der Waals surface area contributed by atoms with Crippen LogP contribution in [-0.2, 0) is 17.6 Å². The summed E-state index contributed by atoms with van der Waals surface area (Å²) in [5, 5.41) is 18.1. The molecule has 0 spiro atoms. The molecule has 2 N–H and O–H groups in total. The van der Waals surface area contributed by atoms with Crippen LogP contribution in [0.1, 0.15) is 25.0 Å². The predicted molar refractivity (Wildman–Crippen MR) is 58.0 cm³/mol. The van der Waals surface area contributed by atoms with E-state index in [1.807, 2.05) is 0 Å². The minimum Gasteiger partial charge on any atom is -0.508 e. The van der Waals surface area contributed by atoms with E-state index >= 15 is 0 Å². The van der Waals surface area contributed by atoms with Crippen LogP contribution in [0.5, 0.6) is 5.75 Å². The van der Waals surface area contributed by atoms with Gasteiger partial charge in [0.15, 0.2) is 0 Å². The number of aliphatic carboxylic acids is 1. The Balaban J connectivity index is 2.97. The van der Waals surface area contributed by atoms with E-state index in [0.29, 0.717) is 5.92 Å². The topological polar surface area (TPSA) is 57.5 Å². The van der Waals surface area contributed by atoms with Crippen LogP contribution >= 0.6 is 0 Å². The second kappa shape index (κ2) is 4.82. The summed E-state index contributed by atoms with van der Waals surface area (Å²) in [4.78, 5) is 10.6. The van der Waals surface area contributed by atoms with Gasteiger partial charge in [-0.2, -0.15) is 0 Å². The van der Waals surface area contributed by atoms with E-state index in [2.05, 4.69) is 13.8 Å². The molecule has 0 unspecified atom stereocenters. The van der Waals surface area contributed by atoms with Crippen molar-refractivity contribution < 1.29 is 15.0 Å². The number of carbonyl (C=O) groups is 1. The van der Waals surface area contributed by atoms with Gasteiger partial charge in [0.1, 0.15) is 5.75 Å². The lowest BCUT2D eigenvalue weighted by Gasteiger charge is -2.10. The highest BCUT2D eigenvalue weighted by Gasteiger charge is 2.09. The molecular formula is C12H16O3. The molecule has 0 aliphatic heterocycles. The van der Waals surface area contributed by atoms with Crippen molar-refractivity contribution in [2.45, 2.75) is 26.7 Å². The van der Waals surface area contributed by atoms with Crippen LogP contribution in [0.4, 0.5) is 0 Å². The molecule has 82 valence electrons. The number of carboxylic acid groups (broad SMARTS) is 1. The Bertz CT molecular complexity index is 356. The molecule has 1 aromatic carbocycles. The average Bonchev–Trinajstić information content (AvgIpc) is 2.08. The third kappa shape index (κ3) is 3.62. The maximum atomic E-state index is 10.6. The van der Waals surface area contributed by atoms with Crippen molar-refractivity contribution in [3.63, 3.8) is 0 Å². The van der Waals surface area contributed by atoms with Crippen LogP contribution in [0.25, 0.3) is 0 Å². The number of aromatic hydroxyl groups is 1. The second-order valence-corrected chi connectivity index (χ2v) is 4.12. The average molecular weight is 208 g/mol. The largest absolute Gasteiger partial charge is 0.508 e. The summed E-state index contributed by atoms with van der Waals surface area (Å²) < 4.78 is 0. The van der Waals surface area contributed by atoms with Gasteiger partial charge in [-0.15, -0.1) is 0 Å². The van der Waals surface area contributed by atoms with Gasteiger partial charge in [-0.05, 0) is 35.6 Å². The molecule has 0 heterocycles. The van der Waals surface area contributed by atoms with Gasteiger partial charge in [-0.25, -0.2) is 0 Å². The SMILES string of the molecule is CC(C)Cc1cc(O)ccc1CC(=O)O. The van der Waals surface area contributed by atoms with E-state index in [1.54, 1.807) is 12.1 Å². The molecule has 0 aliphatic rings. The van der Waals surface area contributed by atoms with Crippen LogP contribution in [0.15, 0.2) is 18.2 Å². The number of hydrogen-bond acceptors (Lipinski definition) is 2. The van der Waals surface area contributed by atoms with E-state index < -0.39 is 5.97 Å². The van der Waals surface area contributed by atoms with E-state index in [1.165, 1.54) is 6.07 Å². The molecule has 15 heavy (non-hydrogen) atoms. The van der Waals surface area contributed by atoms with E-state index in [9.17, 15) is 9.90 Å². The maximum absolute atomic E-state index is 10.6. The van der Waals surface area contributed by atoms with Gasteiger partial charge in [0, 0.05) is 0 Å². The fourth-order valence-electron chi connectivity index (χ4n) is 1.58. The normalized spacial score (nSPS) is 10.6. The molecule has 3 nitrogen and oxygen atoms in total. The molecule has 0 atom stereocenters. The molecule has 1 aromatic rings. The Kier molecular flexibility index (Phi) is 3.72. The van der Waals surface area contributed by atoms with Gasteiger partial charge >= 0.3 is 5.97 Å². The number of carboxylic acids is 1. The molecule has 0 radical (unpaired) electrons. The molecule has 0 amide bonds. The first-order valence-corrected chi connectivity index (χ1v) is 5.01. The molecule has 0 aromatic heterocycles. The smallest absolute Gasteiger partial charge is 0.307 e. The molecule has 3 heteroatoms. The Morgan fingerprint density at radius 3 is 2.53 bits per heavy atom. The van der Waals surface area contributed by atoms with E-state index in [-0.39, 0.29) is 12.2 Å². The standard InChI is InChI=1S/C12H16O3/c1-8(2)5-10-6-11(13)4-3-9(10)7-12(14)15/h3-4,6,8,13H,5,7H2,1-2H3,(H,14,15). The molecule has 1 rings (SSSR count). The third-order valence-electron chi connectivity index (χ3n) is 2.16. The monoisotopic (exact) mass is 208 g/mol. The summed E-state index contributed by atoms with van der Waals surface area (Å²) >= 11 is 0. The van der Waals surface area contributed by atoms with Crippen LogP contribution in [0, 0.1) is 5.92 Å². The van der Waals surface area contributed by atoms with Gasteiger partial charge in [0.25, 0.3) is 0 Å². The molecule has 0 saturated carbocycles. The van der Waals surface area contributed by atoms with Gasteiger partial charge < -0.3 is 10.2 Å². The summed E-state index contributed by atoms with van der Waals surface area (Å²) in [5.74, 6) is -0.204. The van der Waals surface area contributed by atoms with Crippen LogP contribution in [0.2, 0.25) is 0 Å². The first-order valence-electron chi connectivity index (χ1n) is 5.01. The van der Waals surface area contributed by atoms with E-state index in [0.717, 1.165) is 17.5 Å². The van der Waals surface area contributed by atoms with Gasteiger partial charge in [-0.1, -0.05) is 19.9 Å². The van der Waals surface area contributed by atoms with Gasteiger partial charge in [-0.3, -0.25) is 4.79 Å². The number of hydrogen-bond donors (Lipinski definition) is 2. The summed E-state index contributed by atoms with van der Waals surface area (Å²) in [5.41, 5.74) is 1.71. The fraction of sp³-hybridized carbons (Fsp3) is 0.417. The maximum Gasteiger partial charge on any atom is 0.307 e. The van der Waals surface area contributed by atoms with Crippen LogP contribution in [-0.4, -0.2) is 16.2 Å². The quantitative estimate of drug-likeness (QED) is 0.797. The summed E-state index contributed by atoms with van der Waals surface area (Å²) in [6.45, 7) is 4.13. The highest BCUT2D eigenvalue weighted by Crippen LogP contribution is 2.20. The van der Waals surface area contributed by atoms with Crippen LogP contribution < -0.4 is 0 Å². The Morgan fingerprint density at radius 1 is 1.33 bits per heavy atom. The second-order valence-electron chi connectivity index (χ2n) is 4.12. The molecule has 0 fully saturated rings. The summed E-state index contributed by atoms with van der Waals surface area (Å²) in [6, 6.07) is 4.86. The molecular weight excluding hydrogens is 192 g/mol. The number of benzene rings is 1. The van der Waals surface area contributed by atoms with Crippen molar-refractivity contribution in [2.75, 3.05) is 0 Å². The van der Waals surface area contributed by atoms with Crippen molar-refractivity contribution in [3.8, 4) is 5.75 Å². The van der Waals surface area contributed by atoms with Gasteiger partial charge in [0.2, 0.25) is 0 Å². The zero-order valence-corrected chi connectivity index (χ0v) is 9.03. The van der Waals surface area contributed by atoms with Crippen molar-refractivity contribution in [2.24, 2.45) is 5.92 Å². The first kappa shape index (κ1) is 11.6. The number of phenols is 1.